The predicted octanol–water partition coefficient (Wildman–Crippen LogP) is 4.44. The number of halogens is 6. The van der Waals surface area contributed by atoms with Gasteiger partial charge < -0.3 is 5.11 Å². The quantitative estimate of drug-likeness (QED) is 0.255. The molecule has 110 valence electrons. The van der Waals surface area contributed by atoms with Crippen LogP contribution in [0.25, 0.3) is 0 Å². The van der Waals surface area contributed by atoms with Crippen LogP contribution >= 0.6 is 22.6 Å². The average molecular weight is 413 g/mol. The van der Waals surface area contributed by atoms with Crippen LogP contribution in [0.3, 0.4) is 0 Å². The molecular formula is C13H5F5INO. The summed E-state index contributed by atoms with van der Waals surface area (Å²) in [7, 11) is 0. The Morgan fingerprint density at radius 3 is 2.00 bits per heavy atom. The molecular weight excluding hydrogens is 408 g/mol. The highest BCUT2D eigenvalue weighted by Gasteiger charge is 2.25. The third-order valence-corrected chi connectivity index (χ3v) is 3.41. The molecule has 21 heavy (non-hydrogen) atoms. The van der Waals surface area contributed by atoms with Crippen molar-refractivity contribution < 1.29 is 27.1 Å². The minimum atomic E-state index is -2.25. The van der Waals surface area contributed by atoms with E-state index in [9.17, 15) is 27.1 Å². The van der Waals surface area contributed by atoms with Crippen LogP contribution in [0.5, 0.6) is 5.75 Å². The van der Waals surface area contributed by atoms with Crippen LogP contribution in [-0.2, 0) is 0 Å². The van der Waals surface area contributed by atoms with Crippen LogP contribution in [0.1, 0.15) is 5.56 Å². The lowest BCUT2D eigenvalue weighted by molar-refractivity contribution is 0.381. The SMILES string of the molecule is Oc1c(I)cccc1C=Nc1c(F)c(F)c(F)c(F)c1F. The van der Waals surface area contributed by atoms with Crippen LogP contribution in [0.15, 0.2) is 23.2 Å². The molecule has 0 heterocycles. The Hall–Kier alpha value is -1.71. The molecule has 2 rings (SSSR count). The van der Waals surface area contributed by atoms with Crippen LogP contribution in [-0.4, -0.2) is 11.3 Å². The van der Waals surface area contributed by atoms with E-state index in [1.165, 1.54) is 12.1 Å². The molecule has 0 aromatic heterocycles. The van der Waals surface area contributed by atoms with Crippen molar-refractivity contribution >= 4 is 34.5 Å². The van der Waals surface area contributed by atoms with E-state index in [4.69, 9.17) is 0 Å². The number of benzene rings is 2. The summed E-state index contributed by atoms with van der Waals surface area (Å²) in [4.78, 5) is 3.26. The van der Waals surface area contributed by atoms with Crippen molar-refractivity contribution in [2.45, 2.75) is 0 Å². The molecule has 8 heteroatoms. The van der Waals surface area contributed by atoms with Gasteiger partial charge in [-0.25, -0.2) is 26.9 Å². The first-order valence-electron chi connectivity index (χ1n) is 5.37. The van der Waals surface area contributed by atoms with Gasteiger partial charge >= 0.3 is 0 Å². The van der Waals surface area contributed by atoms with Gasteiger partial charge in [0.05, 0.1) is 3.57 Å². The van der Waals surface area contributed by atoms with Crippen molar-refractivity contribution in [1.29, 1.82) is 0 Å². The predicted molar refractivity (Wildman–Crippen MR) is 74.3 cm³/mol. The smallest absolute Gasteiger partial charge is 0.200 e. The standard InChI is InChI=1S/C13H5F5INO/c14-7-8(15)10(17)12(11(18)9(7)16)20-4-5-2-1-3-6(19)13(5)21/h1-4,21H. The summed E-state index contributed by atoms with van der Waals surface area (Å²) < 4.78 is 66.0. The monoisotopic (exact) mass is 413 g/mol. The maximum absolute atomic E-state index is 13.4. The van der Waals surface area contributed by atoms with E-state index in [-0.39, 0.29) is 11.3 Å². The first kappa shape index (κ1) is 15.7. The second kappa shape index (κ2) is 5.96. The Morgan fingerprint density at radius 1 is 0.905 bits per heavy atom. The number of hydrogen-bond acceptors (Lipinski definition) is 2. The summed E-state index contributed by atoms with van der Waals surface area (Å²) in [6.45, 7) is 0. The highest BCUT2D eigenvalue weighted by atomic mass is 127. The van der Waals surface area contributed by atoms with Gasteiger partial charge in [0.15, 0.2) is 23.3 Å². The third kappa shape index (κ3) is 2.85. The first-order chi connectivity index (χ1) is 9.84. The van der Waals surface area contributed by atoms with Gasteiger partial charge in [-0.1, -0.05) is 6.07 Å². The lowest BCUT2D eigenvalue weighted by Gasteiger charge is -2.04. The minimum Gasteiger partial charge on any atom is -0.506 e. The second-order valence-corrected chi connectivity index (χ2v) is 5.02. The molecule has 0 aliphatic heterocycles. The van der Waals surface area contributed by atoms with Crippen molar-refractivity contribution in [1.82, 2.24) is 0 Å². The Balaban J connectivity index is 2.54. The number of aromatic hydroxyl groups is 1. The fourth-order valence-electron chi connectivity index (χ4n) is 1.48. The average Bonchev–Trinajstić information content (AvgIpc) is 2.47. The summed E-state index contributed by atoms with van der Waals surface area (Å²) in [5, 5.41) is 9.67. The van der Waals surface area contributed by atoms with E-state index in [1.807, 2.05) is 0 Å². The molecule has 1 N–H and O–H groups in total. The van der Waals surface area contributed by atoms with Gasteiger partial charge in [-0.2, -0.15) is 0 Å². The molecule has 0 saturated heterocycles. The number of hydrogen-bond donors (Lipinski definition) is 1. The molecule has 0 radical (unpaired) electrons. The molecule has 0 atom stereocenters. The molecule has 2 aromatic rings. The van der Waals surface area contributed by atoms with Gasteiger partial charge in [-0.15, -0.1) is 0 Å². The summed E-state index contributed by atoms with van der Waals surface area (Å²) >= 11 is 1.80. The molecule has 0 fully saturated rings. The number of phenols is 1. The van der Waals surface area contributed by atoms with Gasteiger partial charge in [-0.05, 0) is 34.7 Å². The van der Waals surface area contributed by atoms with Crippen LogP contribution in [0, 0.1) is 32.7 Å². The number of para-hydroxylation sites is 1. The molecule has 0 aliphatic carbocycles. The summed E-state index contributed by atoms with van der Waals surface area (Å²) in [6.07, 6.45) is 0.815. The largest absolute Gasteiger partial charge is 0.506 e. The topological polar surface area (TPSA) is 32.6 Å². The lowest BCUT2D eigenvalue weighted by atomic mass is 10.2. The summed E-state index contributed by atoms with van der Waals surface area (Å²) in [5.41, 5.74) is -1.24. The Labute approximate surface area is 129 Å². The molecule has 0 amide bonds. The van der Waals surface area contributed by atoms with Crippen LogP contribution in [0.2, 0.25) is 0 Å². The van der Waals surface area contributed by atoms with Gasteiger partial charge in [0, 0.05) is 11.8 Å². The molecule has 2 aromatic carbocycles. The molecule has 0 bridgehead atoms. The Kier molecular flexibility index (Phi) is 4.45. The fourth-order valence-corrected chi connectivity index (χ4v) is 2.00. The van der Waals surface area contributed by atoms with E-state index in [0.29, 0.717) is 3.57 Å². The van der Waals surface area contributed by atoms with Crippen molar-refractivity contribution in [3.8, 4) is 5.75 Å². The maximum Gasteiger partial charge on any atom is 0.200 e. The summed E-state index contributed by atoms with van der Waals surface area (Å²) in [5.74, 6) is -10.7. The van der Waals surface area contributed by atoms with E-state index in [0.717, 1.165) is 6.21 Å². The molecule has 0 unspecified atom stereocenters. The van der Waals surface area contributed by atoms with E-state index in [1.54, 1.807) is 28.7 Å². The van der Waals surface area contributed by atoms with Gasteiger partial charge in [0.2, 0.25) is 5.82 Å². The number of rotatable bonds is 2. The second-order valence-electron chi connectivity index (χ2n) is 3.85. The van der Waals surface area contributed by atoms with Gasteiger partial charge in [0.25, 0.3) is 0 Å². The van der Waals surface area contributed by atoms with E-state index in [2.05, 4.69) is 4.99 Å². The highest BCUT2D eigenvalue weighted by molar-refractivity contribution is 14.1. The number of nitrogens with zero attached hydrogens (tertiary/aromatic N) is 1. The highest BCUT2D eigenvalue weighted by Crippen LogP contribution is 2.30. The third-order valence-electron chi connectivity index (χ3n) is 2.54. The zero-order valence-corrected chi connectivity index (χ0v) is 12.1. The van der Waals surface area contributed by atoms with Crippen molar-refractivity contribution in [3.05, 3.63) is 56.4 Å². The van der Waals surface area contributed by atoms with Crippen molar-refractivity contribution in [2.24, 2.45) is 4.99 Å². The summed E-state index contributed by atoms with van der Waals surface area (Å²) in [6, 6.07) is 4.46. The van der Waals surface area contributed by atoms with Crippen LogP contribution < -0.4 is 0 Å². The number of aliphatic imine (C=N–C) groups is 1. The number of phenolic OH excluding ortho intramolecular Hbond substituents is 1. The molecule has 0 spiro atoms. The van der Waals surface area contributed by atoms with Gasteiger partial charge in [0.1, 0.15) is 11.4 Å². The van der Waals surface area contributed by atoms with E-state index >= 15 is 0 Å². The maximum atomic E-state index is 13.4. The van der Waals surface area contributed by atoms with Crippen LogP contribution in [0.4, 0.5) is 27.6 Å². The zero-order valence-electron chi connectivity index (χ0n) is 9.97. The molecule has 0 saturated carbocycles. The zero-order chi connectivity index (χ0) is 15.7. The minimum absolute atomic E-state index is 0.0749. The lowest BCUT2D eigenvalue weighted by Crippen LogP contribution is -2.01. The molecule has 0 aliphatic rings. The molecule has 2 nitrogen and oxygen atoms in total. The Bertz CT molecular complexity index is 719. The van der Waals surface area contributed by atoms with Gasteiger partial charge in [-0.3, -0.25) is 0 Å². The Morgan fingerprint density at radius 2 is 1.43 bits per heavy atom. The fraction of sp³-hybridized carbons (Fsp3) is 0. The van der Waals surface area contributed by atoms with Crippen molar-refractivity contribution in [2.75, 3.05) is 0 Å². The van der Waals surface area contributed by atoms with E-state index < -0.39 is 34.8 Å². The van der Waals surface area contributed by atoms with Crippen molar-refractivity contribution in [3.63, 3.8) is 0 Å². The first-order valence-corrected chi connectivity index (χ1v) is 6.45. The normalized spacial score (nSPS) is 11.3.